The van der Waals surface area contributed by atoms with E-state index < -0.39 is 17.7 Å². The van der Waals surface area contributed by atoms with Gasteiger partial charge in [-0.3, -0.25) is 0 Å². The Bertz CT molecular complexity index is 433. The van der Waals surface area contributed by atoms with Crippen LogP contribution in [-0.2, 0) is 10.4 Å². The first-order valence-corrected chi connectivity index (χ1v) is 5.87. The van der Waals surface area contributed by atoms with E-state index in [9.17, 15) is 18.3 Å². The summed E-state index contributed by atoms with van der Waals surface area (Å²) in [5.41, 5.74) is 5.40. The van der Waals surface area contributed by atoms with Crippen molar-refractivity contribution >= 4 is 17.6 Å². The number of hydrogen-bond donors (Lipinski definition) is 3. The first-order chi connectivity index (χ1) is 9.00. The number of aliphatic hydroxyl groups is 1. The third-order valence-corrected chi connectivity index (χ3v) is 2.59. The van der Waals surface area contributed by atoms with Gasteiger partial charge in [-0.1, -0.05) is 23.7 Å². The summed E-state index contributed by atoms with van der Waals surface area (Å²) in [5, 5.41) is 17.8. The van der Waals surface area contributed by atoms with Crippen molar-refractivity contribution in [1.29, 1.82) is 0 Å². The maximum Gasteiger partial charge on any atom is 0.490 e. The van der Waals surface area contributed by atoms with Gasteiger partial charge in [0.2, 0.25) is 0 Å². The molecule has 0 aliphatic rings. The number of carbonyl (C=O) groups is 1. The van der Waals surface area contributed by atoms with E-state index in [1.165, 1.54) is 0 Å². The van der Waals surface area contributed by atoms with Gasteiger partial charge in [0.15, 0.2) is 0 Å². The van der Waals surface area contributed by atoms with Crippen LogP contribution < -0.4 is 5.73 Å². The molecule has 1 aromatic rings. The van der Waals surface area contributed by atoms with Gasteiger partial charge >= 0.3 is 12.1 Å². The minimum absolute atomic E-state index is 0.468. The molecule has 1 unspecified atom stereocenters. The van der Waals surface area contributed by atoms with Crippen molar-refractivity contribution in [3.05, 3.63) is 34.9 Å². The van der Waals surface area contributed by atoms with E-state index in [0.29, 0.717) is 18.0 Å². The first kappa shape index (κ1) is 18.7. The first-order valence-electron chi connectivity index (χ1n) is 5.49. The predicted octanol–water partition coefficient (Wildman–Crippen LogP) is 2.53. The van der Waals surface area contributed by atoms with Crippen molar-refractivity contribution < 1.29 is 28.2 Å². The largest absolute Gasteiger partial charge is 0.490 e. The lowest BCUT2D eigenvalue weighted by molar-refractivity contribution is -0.192. The second-order valence-corrected chi connectivity index (χ2v) is 4.56. The van der Waals surface area contributed by atoms with Crippen LogP contribution >= 0.6 is 11.6 Å². The number of alkyl halides is 3. The smallest absolute Gasteiger partial charge is 0.475 e. The molecule has 114 valence electrons. The lowest BCUT2D eigenvalue weighted by Crippen LogP contribution is -2.24. The van der Waals surface area contributed by atoms with Crippen molar-refractivity contribution in [1.82, 2.24) is 0 Å². The monoisotopic (exact) mass is 313 g/mol. The zero-order valence-electron chi connectivity index (χ0n) is 10.6. The highest BCUT2D eigenvalue weighted by atomic mass is 35.5. The summed E-state index contributed by atoms with van der Waals surface area (Å²) >= 11 is 5.73. The summed E-state index contributed by atoms with van der Waals surface area (Å²) in [6, 6.07) is 7.17. The number of benzene rings is 1. The number of nitrogens with two attached hydrogens (primary N) is 1. The van der Waals surface area contributed by atoms with Gasteiger partial charge in [0, 0.05) is 5.02 Å². The van der Waals surface area contributed by atoms with Crippen LogP contribution in [0.4, 0.5) is 13.2 Å². The molecule has 20 heavy (non-hydrogen) atoms. The topological polar surface area (TPSA) is 83.5 Å². The molecule has 0 bridgehead atoms. The highest BCUT2D eigenvalue weighted by Gasteiger charge is 2.38. The zero-order chi connectivity index (χ0) is 16.0. The van der Waals surface area contributed by atoms with Gasteiger partial charge in [0.1, 0.15) is 0 Å². The lowest BCUT2D eigenvalue weighted by Gasteiger charge is -2.22. The molecule has 1 atom stereocenters. The number of carboxylic acids is 1. The highest BCUT2D eigenvalue weighted by molar-refractivity contribution is 6.30. The maximum absolute atomic E-state index is 10.6. The zero-order valence-corrected chi connectivity index (χ0v) is 11.4. The summed E-state index contributed by atoms with van der Waals surface area (Å²) in [7, 11) is 0. The Labute approximate surface area is 119 Å². The fourth-order valence-corrected chi connectivity index (χ4v) is 1.36. The third kappa shape index (κ3) is 6.74. The Kier molecular flexibility index (Phi) is 6.98. The van der Waals surface area contributed by atoms with Crippen molar-refractivity contribution in [2.24, 2.45) is 5.73 Å². The maximum atomic E-state index is 10.6. The van der Waals surface area contributed by atoms with Gasteiger partial charge in [-0.15, -0.1) is 0 Å². The molecule has 0 aliphatic heterocycles. The van der Waals surface area contributed by atoms with E-state index in [4.69, 9.17) is 27.2 Å². The molecule has 4 nitrogen and oxygen atoms in total. The Morgan fingerprint density at radius 2 is 1.70 bits per heavy atom. The molecule has 1 aromatic carbocycles. The van der Waals surface area contributed by atoms with Gasteiger partial charge < -0.3 is 15.9 Å². The van der Waals surface area contributed by atoms with Crippen LogP contribution in [0.1, 0.15) is 18.9 Å². The van der Waals surface area contributed by atoms with Crippen LogP contribution in [0, 0.1) is 0 Å². The molecule has 0 fully saturated rings. The summed E-state index contributed by atoms with van der Waals surface area (Å²) < 4.78 is 31.7. The Hall–Kier alpha value is -1.31. The fourth-order valence-electron chi connectivity index (χ4n) is 1.23. The number of aliphatic carboxylic acids is 1. The molecule has 1 rings (SSSR count). The van der Waals surface area contributed by atoms with Gasteiger partial charge in [0.25, 0.3) is 0 Å². The number of hydrogen-bond acceptors (Lipinski definition) is 3. The minimum Gasteiger partial charge on any atom is -0.475 e. The SMILES string of the molecule is CC(O)(CCN)c1ccc(Cl)cc1.O=C(O)C(F)(F)F. The molecule has 8 heteroatoms. The van der Waals surface area contributed by atoms with Gasteiger partial charge in [-0.2, -0.15) is 13.2 Å². The fraction of sp³-hybridized carbons (Fsp3) is 0.417. The second-order valence-electron chi connectivity index (χ2n) is 4.12. The summed E-state index contributed by atoms with van der Waals surface area (Å²) in [5.74, 6) is -2.76. The van der Waals surface area contributed by atoms with Crippen molar-refractivity contribution in [2.45, 2.75) is 25.1 Å². The van der Waals surface area contributed by atoms with E-state index in [0.717, 1.165) is 5.56 Å². The standard InChI is InChI=1S/C10H14ClNO.C2HF3O2/c1-10(13,6-7-12)8-2-4-9(11)5-3-8;3-2(4,5)1(6)7/h2-5,13H,6-7,12H2,1H3;(H,6,7). The Morgan fingerprint density at radius 3 is 2.00 bits per heavy atom. The quantitative estimate of drug-likeness (QED) is 0.800. The van der Waals surface area contributed by atoms with Gasteiger partial charge in [-0.05, 0) is 37.6 Å². The average Bonchev–Trinajstić information content (AvgIpc) is 2.29. The molecular weight excluding hydrogens is 299 g/mol. The van der Waals surface area contributed by atoms with Crippen molar-refractivity contribution in [3.63, 3.8) is 0 Å². The normalized spacial score (nSPS) is 13.9. The van der Waals surface area contributed by atoms with Crippen LogP contribution in [0.5, 0.6) is 0 Å². The number of halogens is 4. The van der Waals surface area contributed by atoms with Crippen molar-refractivity contribution in [2.75, 3.05) is 6.54 Å². The molecule has 0 radical (unpaired) electrons. The molecule has 0 amide bonds. The van der Waals surface area contributed by atoms with Crippen LogP contribution in [0.25, 0.3) is 0 Å². The van der Waals surface area contributed by atoms with Gasteiger partial charge in [-0.25, -0.2) is 4.79 Å². The third-order valence-electron chi connectivity index (χ3n) is 2.34. The molecule has 0 spiro atoms. The summed E-state index contributed by atoms with van der Waals surface area (Å²) in [6.45, 7) is 2.22. The molecule has 0 saturated carbocycles. The van der Waals surface area contributed by atoms with E-state index >= 15 is 0 Å². The van der Waals surface area contributed by atoms with Crippen molar-refractivity contribution in [3.8, 4) is 0 Å². The number of rotatable bonds is 3. The van der Waals surface area contributed by atoms with Crippen LogP contribution in [0.3, 0.4) is 0 Å². The summed E-state index contributed by atoms with van der Waals surface area (Å²) in [6.07, 6.45) is -4.53. The molecule has 0 aromatic heterocycles. The molecule has 4 N–H and O–H groups in total. The van der Waals surface area contributed by atoms with E-state index in [1.807, 2.05) is 12.1 Å². The Balaban J connectivity index is 0.000000441. The predicted molar refractivity (Wildman–Crippen MR) is 68.4 cm³/mol. The van der Waals surface area contributed by atoms with Crippen LogP contribution in [-0.4, -0.2) is 28.9 Å². The van der Waals surface area contributed by atoms with E-state index in [-0.39, 0.29) is 0 Å². The highest BCUT2D eigenvalue weighted by Crippen LogP contribution is 2.24. The average molecular weight is 314 g/mol. The Morgan fingerprint density at radius 1 is 1.30 bits per heavy atom. The molecule has 0 aliphatic carbocycles. The van der Waals surface area contributed by atoms with Crippen LogP contribution in [0.15, 0.2) is 24.3 Å². The molecule has 0 saturated heterocycles. The summed E-state index contributed by atoms with van der Waals surface area (Å²) in [4.78, 5) is 8.90. The van der Waals surface area contributed by atoms with E-state index in [2.05, 4.69) is 0 Å². The lowest BCUT2D eigenvalue weighted by atomic mass is 9.93. The number of carboxylic acid groups (broad SMARTS) is 1. The molecule has 0 heterocycles. The van der Waals surface area contributed by atoms with Gasteiger partial charge in [0.05, 0.1) is 5.60 Å². The van der Waals surface area contributed by atoms with Crippen LogP contribution in [0.2, 0.25) is 5.02 Å². The van der Waals surface area contributed by atoms with E-state index in [1.54, 1.807) is 19.1 Å². The molecular formula is C12H15ClF3NO3. The minimum atomic E-state index is -5.08. The second kappa shape index (κ2) is 7.47.